The first-order valence-electron chi connectivity index (χ1n) is 7.87. The van der Waals surface area contributed by atoms with E-state index in [1.54, 1.807) is 0 Å². The van der Waals surface area contributed by atoms with E-state index in [1.165, 1.54) is 64.0 Å². The number of aliphatic imine (C=N–C) groups is 1. The summed E-state index contributed by atoms with van der Waals surface area (Å²) in [4.78, 5) is 7.43. The van der Waals surface area contributed by atoms with Crippen molar-refractivity contribution in [2.45, 2.75) is 51.9 Å². The standard InChI is InChI=1S/C15H27N3.HI/c1-2-16-14(18-10-3-4-11-18)17-12-15(8-5-9-15)13-6-7-13;/h13H,2-12H2,1H3,(H,16,17);1H. The van der Waals surface area contributed by atoms with Gasteiger partial charge in [0, 0.05) is 26.2 Å². The Bertz CT molecular complexity index is 315. The molecule has 3 aliphatic rings. The second-order valence-corrected chi connectivity index (χ2v) is 6.35. The molecule has 3 nitrogen and oxygen atoms in total. The van der Waals surface area contributed by atoms with Crippen molar-refractivity contribution in [2.75, 3.05) is 26.2 Å². The predicted octanol–water partition coefficient (Wildman–Crippen LogP) is 3.25. The van der Waals surface area contributed by atoms with Gasteiger partial charge < -0.3 is 10.2 Å². The first-order chi connectivity index (χ1) is 8.84. The summed E-state index contributed by atoms with van der Waals surface area (Å²) in [5, 5.41) is 3.48. The topological polar surface area (TPSA) is 27.6 Å². The number of nitrogens with zero attached hydrogens (tertiary/aromatic N) is 2. The van der Waals surface area contributed by atoms with Gasteiger partial charge in [0.2, 0.25) is 0 Å². The molecule has 1 heterocycles. The molecule has 0 amide bonds. The van der Waals surface area contributed by atoms with E-state index in [0.29, 0.717) is 5.41 Å². The Balaban J connectivity index is 0.00000133. The van der Waals surface area contributed by atoms with Crippen LogP contribution < -0.4 is 5.32 Å². The zero-order valence-corrected chi connectivity index (χ0v) is 14.5. The van der Waals surface area contributed by atoms with Crippen LogP contribution in [0.15, 0.2) is 4.99 Å². The van der Waals surface area contributed by atoms with E-state index >= 15 is 0 Å². The lowest BCUT2D eigenvalue weighted by molar-refractivity contribution is 0.113. The third-order valence-corrected chi connectivity index (χ3v) is 5.08. The molecule has 2 aliphatic carbocycles. The highest BCUT2D eigenvalue weighted by molar-refractivity contribution is 14.0. The van der Waals surface area contributed by atoms with Gasteiger partial charge in [0.25, 0.3) is 0 Å². The molecule has 0 spiro atoms. The Kier molecular flexibility index (Phi) is 5.37. The molecule has 19 heavy (non-hydrogen) atoms. The fraction of sp³-hybridized carbons (Fsp3) is 0.933. The quantitative estimate of drug-likeness (QED) is 0.463. The number of hydrogen-bond donors (Lipinski definition) is 1. The fourth-order valence-electron chi connectivity index (χ4n) is 3.61. The lowest BCUT2D eigenvalue weighted by atomic mass is 9.65. The molecule has 1 N–H and O–H groups in total. The lowest BCUT2D eigenvalue weighted by Crippen LogP contribution is -2.42. The van der Waals surface area contributed by atoms with Gasteiger partial charge in [-0.1, -0.05) is 6.42 Å². The minimum Gasteiger partial charge on any atom is -0.357 e. The van der Waals surface area contributed by atoms with Crippen LogP contribution in [-0.4, -0.2) is 37.0 Å². The number of halogens is 1. The van der Waals surface area contributed by atoms with Crippen LogP contribution in [0.5, 0.6) is 0 Å². The summed E-state index contributed by atoms with van der Waals surface area (Å²) in [6, 6.07) is 0. The second kappa shape index (κ2) is 6.64. The van der Waals surface area contributed by atoms with Gasteiger partial charge in [-0.15, -0.1) is 24.0 Å². The van der Waals surface area contributed by atoms with E-state index in [1.807, 2.05) is 0 Å². The van der Waals surface area contributed by atoms with Gasteiger partial charge in [-0.05, 0) is 56.8 Å². The molecule has 0 atom stereocenters. The molecule has 4 heteroatoms. The number of rotatable bonds is 4. The van der Waals surface area contributed by atoms with Gasteiger partial charge in [-0.25, -0.2) is 0 Å². The fourth-order valence-corrected chi connectivity index (χ4v) is 3.61. The van der Waals surface area contributed by atoms with E-state index in [0.717, 1.165) is 19.0 Å². The maximum Gasteiger partial charge on any atom is 0.193 e. The molecule has 0 aromatic rings. The average Bonchev–Trinajstić information content (AvgIpc) is 3.02. The van der Waals surface area contributed by atoms with Crippen LogP contribution in [-0.2, 0) is 0 Å². The molecule has 1 saturated heterocycles. The van der Waals surface area contributed by atoms with Crippen molar-refractivity contribution in [3.05, 3.63) is 0 Å². The average molecular weight is 377 g/mol. The zero-order chi connectivity index (χ0) is 12.4. The van der Waals surface area contributed by atoms with Gasteiger partial charge in [0.1, 0.15) is 0 Å². The van der Waals surface area contributed by atoms with Crippen LogP contribution in [0.25, 0.3) is 0 Å². The van der Waals surface area contributed by atoms with Crippen LogP contribution in [0.3, 0.4) is 0 Å². The Labute approximate surface area is 134 Å². The van der Waals surface area contributed by atoms with Crippen LogP contribution in [0, 0.1) is 11.3 Å². The van der Waals surface area contributed by atoms with E-state index in [2.05, 4.69) is 17.1 Å². The van der Waals surface area contributed by atoms with Crippen molar-refractivity contribution < 1.29 is 0 Å². The minimum absolute atomic E-state index is 0. The second-order valence-electron chi connectivity index (χ2n) is 6.35. The van der Waals surface area contributed by atoms with Crippen molar-refractivity contribution in [2.24, 2.45) is 16.3 Å². The molecule has 110 valence electrons. The molecular formula is C15H28IN3. The van der Waals surface area contributed by atoms with Gasteiger partial charge in [0.15, 0.2) is 5.96 Å². The SMILES string of the molecule is CCNC(=NCC1(C2CC2)CCC1)N1CCCC1.I. The Hall–Kier alpha value is 0. The number of likely N-dealkylation sites (tertiary alicyclic amines) is 1. The summed E-state index contributed by atoms with van der Waals surface area (Å²) in [5.41, 5.74) is 0.612. The third-order valence-electron chi connectivity index (χ3n) is 5.08. The van der Waals surface area contributed by atoms with Gasteiger partial charge >= 0.3 is 0 Å². The molecule has 0 radical (unpaired) electrons. The Morgan fingerprint density at radius 1 is 1.21 bits per heavy atom. The molecule has 3 fully saturated rings. The first kappa shape index (κ1) is 15.4. The van der Waals surface area contributed by atoms with E-state index in [9.17, 15) is 0 Å². The van der Waals surface area contributed by atoms with Crippen LogP contribution in [0.4, 0.5) is 0 Å². The van der Waals surface area contributed by atoms with Gasteiger partial charge in [0.05, 0.1) is 0 Å². The highest BCUT2D eigenvalue weighted by Gasteiger charge is 2.48. The summed E-state index contributed by atoms with van der Waals surface area (Å²) in [6.45, 7) is 6.64. The van der Waals surface area contributed by atoms with Gasteiger partial charge in [-0.3, -0.25) is 4.99 Å². The largest absolute Gasteiger partial charge is 0.357 e. The Morgan fingerprint density at radius 2 is 1.89 bits per heavy atom. The summed E-state index contributed by atoms with van der Waals surface area (Å²) in [6.07, 6.45) is 9.90. The van der Waals surface area contributed by atoms with Crippen molar-refractivity contribution in [3.63, 3.8) is 0 Å². The molecule has 0 aromatic carbocycles. The minimum atomic E-state index is 0. The number of hydrogen-bond acceptors (Lipinski definition) is 1. The summed E-state index contributed by atoms with van der Waals surface area (Å²) >= 11 is 0. The molecular weight excluding hydrogens is 349 g/mol. The normalized spacial score (nSPS) is 25.7. The van der Waals surface area contributed by atoms with Crippen LogP contribution >= 0.6 is 24.0 Å². The molecule has 2 saturated carbocycles. The maximum absolute atomic E-state index is 4.98. The first-order valence-corrected chi connectivity index (χ1v) is 7.87. The molecule has 0 unspecified atom stereocenters. The van der Waals surface area contributed by atoms with Crippen molar-refractivity contribution >= 4 is 29.9 Å². The molecule has 0 aromatic heterocycles. The van der Waals surface area contributed by atoms with E-state index in [-0.39, 0.29) is 24.0 Å². The zero-order valence-electron chi connectivity index (χ0n) is 12.2. The van der Waals surface area contributed by atoms with E-state index in [4.69, 9.17) is 4.99 Å². The summed E-state index contributed by atoms with van der Waals surface area (Å²) in [5.74, 6) is 2.19. The van der Waals surface area contributed by atoms with Crippen molar-refractivity contribution in [3.8, 4) is 0 Å². The summed E-state index contributed by atoms with van der Waals surface area (Å²) in [7, 11) is 0. The van der Waals surface area contributed by atoms with Crippen LogP contribution in [0.2, 0.25) is 0 Å². The summed E-state index contributed by atoms with van der Waals surface area (Å²) < 4.78 is 0. The third kappa shape index (κ3) is 3.37. The van der Waals surface area contributed by atoms with Crippen molar-refractivity contribution in [1.82, 2.24) is 10.2 Å². The monoisotopic (exact) mass is 377 g/mol. The molecule has 0 bridgehead atoms. The smallest absolute Gasteiger partial charge is 0.193 e. The van der Waals surface area contributed by atoms with Crippen molar-refractivity contribution in [1.29, 1.82) is 0 Å². The maximum atomic E-state index is 4.98. The number of guanidine groups is 1. The molecule has 1 aliphatic heterocycles. The highest BCUT2D eigenvalue weighted by Crippen LogP contribution is 2.57. The number of nitrogens with one attached hydrogen (secondary N) is 1. The lowest BCUT2D eigenvalue weighted by Gasteiger charge is -2.41. The molecule has 3 rings (SSSR count). The Morgan fingerprint density at radius 3 is 2.37 bits per heavy atom. The van der Waals surface area contributed by atoms with Crippen LogP contribution in [0.1, 0.15) is 51.9 Å². The predicted molar refractivity (Wildman–Crippen MR) is 91.2 cm³/mol. The highest BCUT2D eigenvalue weighted by atomic mass is 127. The van der Waals surface area contributed by atoms with E-state index < -0.39 is 0 Å². The van der Waals surface area contributed by atoms with Gasteiger partial charge in [-0.2, -0.15) is 0 Å².